The summed E-state index contributed by atoms with van der Waals surface area (Å²) >= 11 is 0. The van der Waals surface area contributed by atoms with Crippen molar-refractivity contribution in [2.24, 2.45) is 0 Å². The molecule has 0 bridgehead atoms. The monoisotopic (exact) mass is 179 g/mol. The largest absolute Gasteiger partial charge is 0.289 e. The van der Waals surface area contributed by atoms with Crippen molar-refractivity contribution in [3.05, 3.63) is 35.4 Å². The van der Waals surface area contributed by atoms with Crippen LogP contribution in [-0.4, -0.2) is 11.1 Å². The molecule has 70 valence electrons. The molecule has 0 saturated heterocycles. The van der Waals surface area contributed by atoms with Crippen molar-refractivity contribution < 1.29 is 10.0 Å². The van der Waals surface area contributed by atoms with Crippen molar-refractivity contribution in [1.82, 2.24) is 5.48 Å². The second kappa shape index (κ2) is 4.05. The Kier molecular flexibility index (Phi) is 3.03. The Labute approximate surface area is 77.4 Å². The third-order valence-electron chi connectivity index (χ3n) is 2.08. The molecule has 2 N–H and O–H groups in total. The highest BCUT2D eigenvalue weighted by Gasteiger charge is 2.13. The smallest absolute Gasteiger partial charge is 0.250 e. The predicted molar refractivity (Wildman–Crippen MR) is 49.5 cm³/mol. The van der Waals surface area contributed by atoms with E-state index in [0.29, 0.717) is 0 Å². The fraction of sp³-hybridized carbons (Fsp3) is 0.300. The first-order valence-corrected chi connectivity index (χ1v) is 4.15. The number of rotatable bonds is 2. The third-order valence-corrected chi connectivity index (χ3v) is 2.08. The van der Waals surface area contributed by atoms with Crippen LogP contribution in [0.15, 0.2) is 24.3 Å². The van der Waals surface area contributed by atoms with Crippen molar-refractivity contribution in [2.45, 2.75) is 19.8 Å². The van der Waals surface area contributed by atoms with Crippen LogP contribution < -0.4 is 5.48 Å². The molecule has 1 unspecified atom stereocenters. The van der Waals surface area contributed by atoms with Gasteiger partial charge in [0.05, 0.1) is 5.92 Å². The molecule has 13 heavy (non-hydrogen) atoms. The van der Waals surface area contributed by atoms with Gasteiger partial charge in [0.25, 0.3) is 5.91 Å². The van der Waals surface area contributed by atoms with E-state index in [0.717, 1.165) is 11.1 Å². The van der Waals surface area contributed by atoms with Gasteiger partial charge in [0.15, 0.2) is 0 Å². The molecule has 0 spiro atoms. The van der Waals surface area contributed by atoms with Crippen LogP contribution >= 0.6 is 0 Å². The molecular formula is C10H13NO2. The first-order chi connectivity index (χ1) is 6.15. The van der Waals surface area contributed by atoms with E-state index in [1.54, 1.807) is 12.4 Å². The van der Waals surface area contributed by atoms with E-state index in [1.165, 1.54) is 0 Å². The summed E-state index contributed by atoms with van der Waals surface area (Å²) in [7, 11) is 0. The number of hydroxylamine groups is 1. The van der Waals surface area contributed by atoms with Crippen molar-refractivity contribution >= 4 is 5.91 Å². The van der Waals surface area contributed by atoms with E-state index in [9.17, 15) is 4.79 Å². The fourth-order valence-corrected chi connectivity index (χ4v) is 1.10. The number of aryl methyl sites for hydroxylation is 1. The van der Waals surface area contributed by atoms with Gasteiger partial charge in [0, 0.05) is 0 Å². The molecule has 0 aromatic heterocycles. The van der Waals surface area contributed by atoms with Gasteiger partial charge < -0.3 is 0 Å². The first kappa shape index (κ1) is 9.74. The molecule has 1 aromatic carbocycles. The highest BCUT2D eigenvalue weighted by molar-refractivity contribution is 5.82. The van der Waals surface area contributed by atoms with E-state index in [4.69, 9.17) is 5.21 Å². The predicted octanol–water partition coefficient (Wildman–Crippen LogP) is 1.60. The summed E-state index contributed by atoms with van der Waals surface area (Å²) in [5, 5.41) is 8.42. The number of hydrogen-bond donors (Lipinski definition) is 2. The van der Waals surface area contributed by atoms with Crippen LogP contribution in [0.5, 0.6) is 0 Å². The highest BCUT2D eigenvalue weighted by Crippen LogP contribution is 2.15. The lowest BCUT2D eigenvalue weighted by atomic mass is 10.00. The summed E-state index contributed by atoms with van der Waals surface area (Å²) in [6, 6.07) is 7.65. The van der Waals surface area contributed by atoms with Gasteiger partial charge in [-0.3, -0.25) is 10.0 Å². The summed E-state index contributed by atoms with van der Waals surface area (Å²) in [6.45, 7) is 3.73. The summed E-state index contributed by atoms with van der Waals surface area (Å²) in [6.07, 6.45) is 0. The minimum Gasteiger partial charge on any atom is -0.289 e. The Balaban J connectivity index is 2.83. The molecule has 1 atom stereocenters. The summed E-state index contributed by atoms with van der Waals surface area (Å²) in [5.74, 6) is -0.700. The number of carbonyl (C=O) groups is 1. The van der Waals surface area contributed by atoms with Gasteiger partial charge in [-0.2, -0.15) is 0 Å². The Morgan fingerprint density at radius 1 is 1.38 bits per heavy atom. The van der Waals surface area contributed by atoms with Gasteiger partial charge in [-0.05, 0) is 19.4 Å². The van der Waals surface area contributed by atoms with E-state index < -0.39 is 0 Å². The molecule has 3 nitrogen and oxygen atoms in total. The molecule has 0 aliphatic heterocycles. The van der Waals surface area contributed by atoms with Crippen LogP contribution in [0.4, 0.5) is 0 Å². The number of amides is 1. The Bertz CT molecular complexity index is 292. The van der Waals surface area contributed by atoms with Crippen LogP contribution in [0.1, 0.15) is 24.0 Å². The quantitative estimate of drug-likeness (QED) is 0.535. The van der Waals surface area contributed by atoms with Gasteiger partial charge in [0.1, 0.15) is 0 Å². The van der Waals surface area contributed by atoms with Crippen LogP contribution in [0.25, 0.3) is 0 Å². The molecule has 1 amide bonds. The maximum atomic E-state index is 11.0. The van der Waals surface area contributed by atoms with Crippen LogP contribution in [0.3, 0.4) is 0 Å². The summed E-state index contributed by atoms with van der Waals surface area (Å²) in [4.78, 5) is 11.0. The minimum atomic E-state index is -0.385. The van der Waals surface area contributed by atoms with E-state index in [1.807, 2.05) is 31.2 Å². The normalized spacial score (nSPS) is 12.2. The second-order valence-electron chi connectivity index (χ2n) is 3.11. The fourth-order valence-electron chi connectivity index (χ4n) is 1.10. The van der Waals surface area contributed by atoms with E-state index in [-0.39, 0.29) is 11.8 Å². The maximum absolute atomic E-state index is 11.0. The van der Waals surface area contributed by atoms with E-state index in [2.05, 4.69) is 0 Å². The third kappa shape index (κ3) is 2.29. The van der Waals surface area contributed by atoms with Crippen molar-refractivity contribution in [1.29, 1.82) is 0 Å². The average Bonchev–Trinajstić information content (AvgIpc) is 2.17. The molecule has 0 aliphatic rings. The highest BCUT2D eigenvalue weighted by atomic mass is 16.5. The number of benzene rings is 1. The summed E-state index contributed by atoms with van der Waals surface area (Å²) < 4.78 is 0. The topological polar surface area (TPSA) is 49.3 Å². The molecule has 3 heteroatoms. The Morgan fingerprint density at radius 2 is 1.92 bits per heavy atom. The number of hydrogen-bond acceptors (Lipinski definition) is 2. The molecule has 0 aliphatic carbocycles. The van der Waals surface area contributed by atoms with Gasteiger partial charge in [-0.1, -0.05) is 29.8 Å². The maximum Gasteiger partial charge on any atom is 0.250 e. The van der Waals surface area contributed by atoms with Crippen LogP contribution in [0.2, 0.25) is 0 Å². The van der Waals surface area contributed by atoms with E-state index >= 15 is 0 Å². The van der Waals surface area contributed by atoms with Crippen molar-refractivity contribution in [2.75, 3.05) is 0 Å². The standard InChI is InChI=1S/C10H13NO2/c1-7-3-5-9(6-4-7)8(2)10(12)11-13/h3-6,8,13H,1-2H3,(H,11,12). The zero-order valence-electron chi connectivity index (χ0n) is 7.74. The molecule has 0 heterocycles. The van der Waals surface area contributed by atoms with Gasteiger partial charge in [-0.25, -0.2) is 5.48 Å². The zero-order valence-corrected chi connectivity index (χ0v) is 7.74. The number of carbonyl (C=O) groups excluding carboxylic acids is 1. The van der Waals surface area contributed by atoms with Crippen molar-refractivity contribution in [3.63, 3.8) is 0 Å². The van der Waals surface area contributed by atoms with Gasteiger partial charge in [0.2, 0.25) is 0 Å². The molecule has 0 radical (unpaired) electrons. The first-order valence-electron chi connectivity index (χ1n) is 4.15. The van der Waals surface area contributed by atoms with Gasteiger partial charge in [-0.15, -0.1) is 0 Å². The average molecular weight is 179 g/mol. The minimum absolute atomic E-state index is 0.314. The lowest BCUT2D eigenvalue weighted by molar-refractivity contribution is -0.130. The second-order valence-corrected chi connectivity index (χ2v) is 3.11. The number of nitrogens with one attached hydrogen (secondary N) is 1. The molecule has 1 rings (SSSR count). The molecule has 0 saturated carbocycles. The lowest BCUT2D eigenvalue weighted by Gasteiger charge is -2.09. The Hall–Kier alpha value is -1.35. The Morgan fingerprint density at radius 3 is 2.38 bits per heavy atom. The molecule has 1 aromatic rings. The van der Waals surface area contributed by atoms with Crippen molar-refractivity contribution in [3.8, 4) is 0 Å². The SMILES string of the molecule is Cc1ccc(C(C)C(=O)NO)cc1. The van der Waals surface area contributed by atoms with Crippen LogP contribution in [0, 0.1) is 6.92 Å². The molecule has 0 fully saturated rings. The molecular weight excluding hydrogens is 166 g/mol. The van der Waals surface area contributed by atoms with Crippen LogP contribution in [-0.2, 0) is 4.79 Å². The lowest BCUT2D eigenvalue weighted by Crippen LogP contribution is -2.24. The summed E-state index contributed by atoms with van der Waals surface area (Å²) in [5.41, 5.74) is 3.69. The zero-order chi connectivity index (χ0) is 9.84. The van der Waals surface area contributed by atoms with Gasteiger partial charge >= 0.3 is 0 Å².